The maximum absolute atomic E-state index is 12.7. The van der Waals surface area contributed by atoms with Crippen LogP contribution in [0.5, 0.6) is 0 Å². The lowest BCUT2D eigenvalue weighted by Crippen LogP contribution is -2.37. The van der Waals surface area contributed by atoms with Crippen LogP contribution in [0.4, 0.5) is 0 Å². The van der Waals surface area contributed by atoms with Crippen LogP contribution in [-0.2, 0) is 32.7 Å². The summed E-state index contributed by atoms with van der Waals surface area (Å²) in [5.74, 6) is -0.795. The van der Waals surface area contributed by atoms with E-state index in [4.69, 9.17) is 18.5 Å². The summed E-state index contributed by atoms with van der Waals surface area (Å²) in [6, 6.07) is 0. The monoisotopic (exact) mass is 845 g/mol. The quantitative estimate of drug-likeness (QED) is 0.0212. The highest BCUT2D eigenvalue weighted by Crippen LogP contribution is 2.43. The standard InChI is InChI=1S/C48H94NO8P/c1-6-8-10-12-14-16-18-20-22-23-24-25-27-29-31-33-35-37-39-41-48(51)57-46(45-56-58(52,53)55-43-42-49(3,4)5)44-54-47(50)40-38-36-34-32-30-28-26-21-19-17-15-13-11-9-7-2/h21,26,46H,6-20,22-25,27-45H2,1-5H3/p+1/b26-21-/t46-/m1/s1. The first-order chi connectivity index (χ1) is 28.0. The molecule has 0 aliphatic heterocycles. The van der Waals surface area contributed by atoms with E-state index in [1.807, 2.05) is 21.1 Å². The molecule has 0 saturated carbocycles. The average Bonchev–Trinajstić information content (AvgIpc) is 3.17. The molecule has 0 fully saturated rings. The number of unbranched alkanes of at least 4 members (excludes halogenated alkanes) is 29. The van der Waals surface area contributed by atoms with Gasteiger partial charge in [-0.05, 0) is 38.5 Å². The second-order valence-electron chi connectivity index (χ2n) is 17.9. The summed E-state index contributed by atoms with van der Waals surface area (Å²) in [6.45, 7) is 4.45. The summed E-state index contributed by atoms with van der Waals surface area (Å²) in [6.07, 6.45) is 44.0. The van der Waals surface area contributed by atoms with Crippen LogP contribution in [0.1, 0.15) is 232 Å². The first kappa shape index (κ1) is 56.8. The van der Waals surface area contributed by atoms with Crippen molar-refractivity contribution in [2.75, 3.05) is 47.5 Å². The number of quaternary nitrogens is 1. The van der Waals surface area contributed by atoms with Crippen molar-refractivity contribution in [1.29, 1.82) is 0 Å². The van der Waals surface area contributed by atoms with E-state index in [1.54, 1.807) is 0 Å². The van der Waals surface area contributed by atoms with Gasteiger partial charge in [-0.2, -0.15) is 0 Å². The molecule has 0 spiro atoms. The summed E-state index contributed by atoms with van der Waals surface area (Å²) >= 11 is 0. The lowest BCUT2D eigenvalue weighted by molar-refractivity contribution is -0.870. The molecule has 0 amide bonds. The van der Waals surface area contributed by atoms with E-state index in [-0.39, 0.29) is 32.0 Å². The van der Waals surface area contributed by atoms with Gasteiger partial charge >= 0.3 is 19.8 Å². The maximum Gasteiger partial charge on any atom is 0.472 e. The Morgan fingerprint density at radius 2 is 0.879 bits per heavy atom. The highest BCUT2D eigenvalue weighted by atomic mass is 31.2. The van der Waals surface area contributed by atoms with Crippen LogP contribution in [0.3, 0.4) is 0 Å². The Balaban J connectivity index is 4.26. The van der Waals surface area contributed by atoms with Crippen molar-refractivity contribution in [3.05, 3.63) is 12.2 Å². The molecule has 1 unspecified atom stereocenters. The Morgan fingerprint density at radius 3 is 1.28 bits per heavy atom. The van der Waals surface area contributed by atoms with E-state index in [9.17, 15) is 19.0 Å². The number of allylic oxidation sites excluding steroid dienone is 2. The smallest absolute Gasteiger partial charge is 0.462 e. The highest BCUT2D eigenvalue weighted by molar-refractivity contribution is 7.47. The molecule has 0 saturated heterocycles. The third-order valence-corrected chi connectivity index (χ3v) is 11.8. The van der Waals surface area contributed by atoms with Gasteiger partial charge in [0.05, 0.1) is 27.7 Å². The minimum atomic E-state index is -4.37. The zero-order valence-corrected chi connectivity index (χ0v) is 39.7. The molecule has 0 rings (SSSR count). The number of phosphoric acid groups is 1. The minimum absolute atomic E-state index is 0.0338. The summed E-state index contributed by atoms with van der Waals surface area (Å²) in [5, 5.41) is 0. The van der Waals surface area contributed by atoms with Gasteiger partial charge in [0, 0.05) is 12.8 Å². The number of phosphoric ester groups is 1. The number of esters is 2. The number of carbonyl (C=O) groups is 2. The predicted octanol–water partition coefficient (Wildman–Crippen LogP) is 14.1. The van der Waals surface area contributed by atoms with Gasteiger partial charge in [0.2, 0.25) is 0 Å². The van der Waals surface area contributed by atoms with Crippen LogP contribution in [0.15, 0.2) is 12.2 Å². The number of carbonyl (C=O) groups excluding carboxylic acids is 2. The third-order valence-electron chi connectivity index (χ3n) is 10.8. The van der Waals surface area contributed by atoms with E-state index in [0.717, 1.165) is 51.4 Å². The second-order valence-corrected chi connectivity index (χ2v) is 19.3. The molecule has 2 atom stereocenters. The average molecular weight is 845 g/mol. The first-order valence-electron chi connectivity index (χ1n) is 24.4. The van der Waals surface area contributed by atoms with Crippen molar-refractivity contribution in [2.24, 2.45) is 0 Å². The van der Waals surface area contributed by atoms with Crippen molar-refractivity contribution in [2.45, 2.75) is 238 Å². The number of nitrogens with zero attached hydrogens (tertiary/aromatic N) is 1. The molecule has 10 heteroatoms. The van der Waals surface area contributed by atoms with E-state index in [0.29, 0.717) is 17.4 Å². The topological polar surface area (TPSA) is 108 Å². The van der Waals surface area contributed by atoms with E-state index >= 15 is 0 Å². The molecule has 0 heterocycles. The normalized spacial score (nSPS) is 13.6. The Kier molecular flexibility index (Phi) is 40.2. The molecule has 9 nitrogen and oxygen atoms in total. The highest BCUT2D eigenvalue weighted by Gasteiger charge is 2.27. The summed E-state index contributed by atoms with van der Waals surface area (Å²) in [5.41, 5.74) is 0. The fraction of sp³-hybridized carbons (Fsp3) is 0.917. The zero-order chi connectivity index (χ0) is 42.8. The van der Waals surface area contributed by atoms with Crippen LogP contribution in [0.2, 0.25) is 0 Å². The third kappa shape index (κ3) is 44.3. The molecule has 0 aromatic rings. The van der Waals surface area contributed by atoms with Crippen molar-refractivity contribution >= 4 is 19.8 Å². The molecule has 58 heavy (non-hydrogen) atoms. The summed E-state index contributed by atoms with van der Waals surface area (Å²) < 4.78 is 34.4. The second kappa shape index (κ2) is 41.1. The van der Waals surface area contributed by atoms with Crippen LogP contribution in [-0.4, -0.2) is 74.9 Å². The molecular weight excluding hydrogens is 750 g/mol. The van der Waals surface area contributed by atoms with Gasteiger partial charge in [-0.3, -0.25) is 18.6 Å². The van der Waals surface area contributed by atoms with Crippen molar-refractivity contribution in [3.8, 4) is 0 Å². The fourth-order valence-corrected chi connectivity index (χ4v) is 7.69. The Morgan fingerprint density at radius 1 is 0.517 bits per heavy atom. The SMILES string of the molecule is CCCCCCCC/C=C\CCCCCCCC(=O)OC[C@H](COP(=O)(O)OCC[N+](C)(C)C)OC(=O)CCCCCCCCCCCCCCCCCCCCC. The lowest BCUT2D eigenvalue weighted by Gasteiger charge is -2.24. The molecule has 0 bridgehead atoms. The number of rotatable bonds is 45. The molecule has 344 valence electrons. The van der Waals surface area contributed by atoms with Gasteiger partial charge in [-0.25, -0.2) is 4.57 Å². The summed E-state index contributed by atoms with van der Waals surface area (Å²) in [4.78, 5) is 35.5. The number of hydrogen-bond donors (Lipinski definition) is 1. The van der Waals surface area contributed by atoms with Crippen molar-refractivity contribution < 1.29 is 42.1 Å². The van der Waals surface area contributed by atoms with E-state index < -0.39 is 26.5 Å². The maximum atomic E-state index is 12.7. The van der Waals surface area contributed by atoms with Crippen LogP contribution >= 0.6 is 7.82 Å². The molecule has 0 aliphatic rings. The van der Waals surface area contributed by atoms with Crippen molar-refractivity contribution in [1.82, 2.24) is 0 Å². The van der Waals surface area contributed by atoms with E-state index in [2.05, 4.69) is 26.0 Å². The molecule has 0 aromatic carbocycles. The predicted molar refractivity (Wildman–Crippen MR) is 243 cm³/mol. The Hall–Kier alpha value is -1.25. The van der Waals surface area contributed by atoms with Gasteiger partial charge in [0.25, 0.3) is 0 Å². The van der Waals surface area contributed by atoms with Gasteiger partial charge < -0.3 is 18.9 Å². The number of likely N-dealkylation sites (N-methyl/N-ethyl adjacent to an activating group) is 1. The molecule has 0 aliphatic carbocycles. The Labute approximate surface area is 358 Å². The van der Waals surface area contributed by atoms with Gasteiger partial charge in [-0.1, -0.05) is 193 Å². The molecule has 1 N–H and O–H groups in total. The van der Waals surface area contributed by atoms with Crippen LogP contribution in [0.25, 0.3) is 0 Å². The lowest BCUT2D eigenvalue weighted by atomic mass is 10.0. The molecule has 0 radical (unpaired) electrons. The Bertz CT molecular complexity index is 1000. The van der Waals surface area contributed by atoms with Crippen molar-refractivity contribution in [3.63, 3.8) is 0 Å². The minimum Gasteiger partial charge on any atom is -0.462 e. The largest absolute Gasteiger partial charge is 0.472 e. The molecular formula is C48H95NO8P+. The van der Waals surface area contributed by atoms with Crippen LogP contribution < -0.4 is 0 Å². The van der Waals surface area contributed by atoms with E-state index in [1.165, 1.54) is 148 Å². The van der Waals surface area contributed by atoms with Crippen LogP contribution in [0, 0.1) is 0 Å². The molecule has 0 aromatic heterocycles. The summed E-state index contributed by atoms with van der Waals surface area (Å²) in [7, 11) is 1.48. The fourth-order valence-electron chi connectivity index (χ4n) is 6.95. The first-order valence-corrected chi connectivity index (χ1v) is 25.9. The zero-order valence-electron chi connectivity index (χ0n) is 38.8. The number of ether oxygens (including phenoxy) is 2. The number of hydrogen-bond acceptors (Lipinski definition) is 7. The van der Waals surface area contributed by atoms with Gasteiger partial charge in [0.15, 0.2) is 6.10 Å². The van der Waals surface area contributed by atoms with Gasteiger partial charge in [0.1, 0.15) is 19.8 Å². The van der Waals surface area contributed by atoms with Gasteiger partial charge in [-0.15, -0.1) is 0 Å².